The summed E-state index contributed by atoms with van der Waals surface area (Å²) in [6.45, 7) is 3.45. The molecule has 116 valence electrons. The molecule has 0 radical (unpaired) electrons. The fourth-order valence-corrected chi connectivity index (χ4v) is 4.18. The van der Waals surface area contributed by atoms with Crippen LogP contribution in [0.5, 0.6) is 0 Å². The van der Waals surface area contributed by atoms with Gasteiger partial charge < -0.3 is 10.3 Å². The predicted octanol–water partition coefficient (Wildman–Crippen LogP) is 2.43. The van der Waals surface area contributed by atoms with Gasteiger partial charge in [-0.15, -0.1) is 0 Å². The minimum atomic E-state index is 0.423. The van der Waals surface area contributed by atoms with Gasteiger partial charge >= 0.3 is 0 Å². The normalized spacial score (nSPS) is 28.7. The molecule has 22 heavy (non-hydrogen) atoms. The quantitative estimate of drug-likeness (QED) is 0.946. The lowest BCUT2D eigenvalue weighted by atomic mass is 9.78. The number of likely N-dealkylation sites (tertiary alicyclic amines) is 1. The molecule has 3 atom stereocenters. The summed E-state index contributed by atoms with van der Waals surface area (Å²) >= 11 is 0. The summed E-state index contributed by atoms with van der Waals surface area (Å²) in [4.78, 5) is 6.69. The van der Waals surface area contributed by atoms with Gasteiger partial charge in [-0.1, -0.05) is 18.6 Å². The van der Waals surface area contributed by atoms with Gasteiger partial charge in [0.15, 0.2) is 0 Å². The molecule has 0 amide bonds. The third-order valence-corrected chi connectivity index (χ3v) is 5.37. The lowest BCUT2D eigenvalue weighted by molar-refractivity contribution is 0.259. The Balaban J connectivity index is 1.41. The Bertz CT molecular complexity index is 605. The van der Waals surface area contributed by atoms with E-state index in [2.05, 4.69) is 34.1 Å². The van der Waals surface area contributed by atoms with Gasteiger partial charge in [0.2, 0.25) is 0 Å². The van der Waals surface area contributed by atoms with Crippen molar-refractivity contribution in [3.63, 3.8) is 0 Å². The number of hydrogen-bond donors (Lipinski definition) is 1. The third-order valence-electron chi connectivity index (χ3n) is 5.37. The van der Waals surface area contributed by atoms with Gasteiger partial charge in [-0.2, -0.15) is 0 Å². The number of aromatic nitrogens is 2. The molecule has 4 nitrogen and oxygen atoms in total. The minimum Gasteiger partial charge on any atom is -0.327 e. The van der Waals surface area contributed by atoms with E-state index >= 15 is 0 Å². The molecule has 2 aromatic rings. The first-order chi connectivity index (χ1) is 10.8. The maximum Gasteiger partial charge on any atom is 0.0991 e. The molecule has 0 spiro atoms. The highest BCUT2D eigenvalue weighted by Gasteiger charge is 2.38. The highest BCUT2D eigenvalue weighted by atomic mass is 15.2. The Kier molecular flexibility index (Phi) is 3.72. The van der Waals surface area contributed by atoms with Crippen LogP contribution in [-0.4, -0.2) is 33.6 Å². The molecule has 4 heteroatoms. The van der Waals surface area contributed by atoms with E-state index in [1.54, 1.807) is 0 Å². The van der Waals surface area contributed by atoms with E-state index in [1.807, 2.05) is 23.3 Å². The smallest absolute Gasteiger partial charge is 0.0991 e. The Morgan fingerprint density at radius 1 is 1.14 bits per heavy atom. The molecule has 1 saturated heterocycles. The van der Waals surface area contributed by atoms with Crippen molar-refractivity contribution in [1.29, 1.82) is 0 Å². The lowest BCUT2D eigenvalue weighted by Gasteiger charge is -2.29. The monoisotopic (exact) mass is 296 g/mol. The number of nitrogens with two attached hydrogens (primary N) is 1. The number of imidazole rings is 1. The molecule has 1 aliphatic heterocycles. The molecule has 1 aromatic carbocycles. The standard InChI is InChI=1S/C18H24N4/c19-18-3-1-2-15-11-21(12-17(15)18)10-14-4-6-16(7-5-14)22-9-8-20-13-22/h4-9,13,15,17-18H,1-3,10-12,19H2. The molecule has 1 aromatic heterocycles. The highest BCUT2D eigenvalue weighted by molar-refractivity contribution is 5.34. The van der Waals surface area contributed by atoms with Gasteiger partial charge in [0.25, 0.3) is 0 Å². The number of benzene rings is 1. The molecule has 2 aliphatic rings. The van der Waals surface area contributed by atoms with E-state index in [0.29, 0.717) is 6.04 Å². The predicted molar refractivity (Wildman–Crippen MR) is 87.6 cm³/mol. The zero-order chi connectivity index (χ0) is 14.9. The number of fused-ring (bicyclic) bond motifs is 1. The highest BCUT2D eigenvalue weighted by Crippen LogP contribution is 2.36. The maximum absolute atomic E-state index is 6.31. The number of rotatable bonds is 3. The topological polar surface area (TPSA) is 47.1 Å². The summed E-state index contributed by atoms with van der Waals surface area (Å²) in [6, 6.07) is 9.24. The van der Waals surface area contributed by atoms with Crippen LogP contribution in [0.2, 0.25) is 0 Å². The molecule has 2 heterocycles. The van der Waals surface area contributed by atoms with E-state index < -0.39 is 0 Å². The largest absolute Gasteiger partial charge is 0.327 e. The molecule has 4 rings (SSSR count). The summed E-state index contributed by atoms with van der Waals surface area (Å²) < 4.78 is 2.03. The van der Waals surface area contributed by atoms with Crippen molar-refractivity contribution < 1.29 is 0 Å². The summed E-state index contributed by atoms with van der Waals surface area (Å²) in [5.41, 5.74) is 8.86. The summed E-state index contributed by atoms with van der Waals surface area (Å²) in [6.07, 6.45) is 9.52. The molecule has 1 aliphatic carbocycles. The number of nitrogens with zero attached hydrogens (tertiary/aromatic N) is 3. The van der Waals surface area contributed by atoms with E-state index in [1.165, 1.54) is 43.6 Å². The fraction of sp³-hybridized carbons (Fsp3) is 0.500. The Hall–Kier alpha value is -1.65. The van der Waals surface area contributed by atoms with Gasteiger partial charge in [0.1, 0.15) is 0 Å². The van der Waals surface area contributed by atoms with Crippen molar-refractivity contribution in [2.75, 3.05) is 13.1 Å². The van der Waals surface area contributed by atoms with E-state index in [4.69, 9.17) is 5.73 Å². The van der Waals surface area contributed by atoms with Crippen LogP contribution in [0.1, 0.15) is 24.8 Å². The molecule has 2 fully saturated rings. The van der Waals surface area contributed by atoms with Crippen molar-refractivity contribution in [2.24, 2.45) is 17.6 Å². The molecule has 1 saturated carbocycles. The van der Waals surface area contributed by atoms with Crippen LogP contribution >= 0.6 is 0 Å². The van der Waals surface area contributed by atoms with Crippen LogP contribution in [0.3, 0.4) is 0 Å². The average Bonchev–Trinajstić information content (AvgIpc) is 3.18. The second-order valence-electron chi connectivity index (χ2n) is 6.85. The average molecular weight is 296 g/mol. The van der Waals surface area contributed by atoms with Crippen LogP contribution in [0.15, 0.2) is 43.0 Å². The van der Waals surface area contributed by atoms with Crippen molar-refractivity contribution in [3.05, 3.63) is 48.5 Å². The van der Waals surface area contributed by atoms with Crippen molar-refractivity contribution >= 4 is 0 Å². The SMILES string of the molecule is NC1CCCC2CN(Cc3ccc(-n4ccnc4)cc3)CC12. The van der Waals surface area contributed by atoms with Crippen LogP contribution < -0.4 is 5.73 Å². The second-order valence-corrected chi connectivity index (χ2v) is 6.85. The van der Waals surface area contributed by atoms with Gasteiger partial charge in [0, 0.05) is 43.8 Å². The van der Waals surface area contributed by atoms with E-state index in [9.17, 15) is 0 Å². The van der Waals surface area contributed by atoms with Gasteiger partial charge in [0.05, 0.1) is 6.33 Å². The second kappa shape index (κ2) is 5.86. The fourth-order valence-electron chi connectivity index (χ4n) is 4.18. The molecule has 2 N–H and O–H groups in total. The molecule has 3 unspecified atom stereocenters. The van der Waals surface area contributed by atoms with Crippen LogP contribution in [0.25, 0.3) is 5.69 Å². The summed E-state index contributed by atoms with van der Waals surface area (Å²) in [5.74, 6) is 1.55. The van der Waals surface area contributed by atoms with Gasteiger partial charge in [-0.25, -0.2) is 4.98 Å². The molecular formula is C18H24N4. The Morgan fingerprint density at radius 2 is 2.00 bits per heavy atom. The Morgan fingerprint density at radius 3 is 2.73 bits per heavy atom. The first kappa shape index (κ1) is 14.0. The number of hydrogen-bond acceptors (Lipinski definition) is 3. The molecule has 0 bridgehead atoms. The van der Waals surface area contributed by atoms with Crippen LogP contribution in [0, 0.1) is 11.8 Å². The van der Waals surface area contributed by atoms with Crippen LogP contribution in [-0.2, 0) is 6.54 Å². The first-order valence-corrected chi connectivity index (χ1v) is 8.35. The first-order valence-electron chi connectivity index (χ1n) is 8.35. The maximum atomic E-state index is 6.31. The van der Waals surface area contributed by atoms with Crippen molar-refractivity contribution in [3.8, 4) is 5.69 Å². The zero-order valence-electron chi connectivity index (χ0n) is 12.9. The third kappa shape index (κ3) is 2.69. The van der Waals surface area contributed by atoms with Gasteiger partial charge in [-0.05, 0) is 42.4 Å². The van der Waals surface area contributed by atoms with E-state index in [0.717, 1.165) is 18.4 Å². The van der Waals surface area contributed by atoms with E-state index in [-0.39, 0.29) is 0 Å². The summed E-state index contributed by atoms with van der Waals surface area (Å²) in [7, 11) is 0. The minimum absolute atomic E-state index is 0.423. The zero-order valence-corrected chi connectivity index (χ0v) is 12.9. The van der Waals surface area contributed by atoms with Crippen LogP contribution in [0.4, 0.5) is 0 Å². The molecular weight excluding hydrogens is 272 g/mol. The summed E-state index contributed by atoms with van der Waals surface area (Å²) in [5, 5.41) is 0. The van der Waals surface area contributed by atoms with Crippen molar-refractivity contribution in [2.45, 2.75) is 31.8 Å². The lowest BCUT2D eigenvalue weighted by Crippen LogP contribution is -2.38. The Labute approximate surface area is 131 Å². The van der Waals surface area contributed by atoms with Crippen molar-refractivity contribution in [1.82, 2.24) is 14.5 Å². The van der Waals surface area contributed by atoms with Gasteiger partial charge in [-0.3, -0.25) is 4.90 Å².